The molecule has 0 atom stereocenters. The van der Waals surface area contributed by atoms with Crippen LogP contribution in [-0.4, -0.2) is 43.9 Å². The Balaban J connectivity index is 1.47. The molecule has 1 aliphatic rings. The van der Waals surface area contributed by atoms with Gasteiger partial charge >= 0.3 is 0 Å². The van der Waals surface area contributed by atoms with Crippen molar-refractivity contribution >= 4 is 38.1 Å². The van der Waals surface area contributed by atoms with Gasteiger partial charge in [0.05, 0.1) is 16.2 Å². The Morgan fingerprint density at radius 1 is 1.03 bits per heavy atom. The molecule has 2 heterocycles. The van der Waals surface area contributed by atoms with Gasteiger partial charge in [0, 0.05) is 42.1 Å². The second kappa shape index (κ2) is 8.13. The number of hydrogen-bond donors (Lipinski definition) is 0. The molecule has 9 heteroatoms. The van der Waals surface area contributed by atoms with Gasteiger partial charge < -0.3 is 4.90 Å². The maximum atomic E-state index is 13.0. The summed E-state index contributed by atoms with van der Waals surface area (Å²) in [7, 11) is -3.70. The zero-order valence-electron chi connectivity index (χ0n) is 15.3. The lowest BCUT2D eigenvalue weighted by Gasteiger charge is -2.33. The topological polar surface area (TPSA) is 77.3 Å². The molecule has 29 heavy (non-hydrogen) atoms. The third-order valence-electron chi connectivity index (χ3n) is 4.77. The number of nitrogens with zero attached hydrogens (tertiary/aromatic N) is 4. The fourth-order valence-corrected chi connectivity index (χ4v) is 5.78. The molecule has 0 N–H and O–H groups in total. The van der Waals surface area contributed by atoms with Crippen LogP contribution in [0.1, 0.15) is 5.56 Å². The predicted octanol–water partition coefficient (Wildman–Crippen LogP) is 3.85. The van der Waals surface area contributed by atoms with Crippen molar-refractivity contribution in [2.75, 3.05) is 31.1 Å². The van der Waals surface area contributed by atoms with Crippen LogP contribution in [-0.2, 0) is 10.0 Å². The molecule has 1 aliphatic heterocycles. The summed E-state index contributed by atoms with van der Waals surface area (Å²) in [5, 5.41) is 12.8. The summed E-state index contributed by atoms with van der Waals surface area (Å²) in [6.45, 7) is 1.78. The summed E-state index contributed by atoms with van der Waals surface area (Å²) >= 11 is 7.48. The molecule has 4 rings (SSSR count). The van der Waals surface area contributed by atoms with E-state index in [-0.39, 0.29) is 10.5 Å². The molecule has 0 amide bonds. The molecule has 3 aromatic rings. The van der Waals surface area contributed by atoms with Crippen LogP contribution in [0, 0.1) is 11.3 Å². The lowest BCUT2D eigenvalue weighted by Crippen LogP contribution is -2.48. The van der Waals surface area contributed by atoms with Crippen molar-refractivity contribution < 1.29 is 8.42 Å². The minimum absolute atomic E-state index is 0.0650. The number of benzene rings is 2. The van der Waals surface area contributed by atoms with E-state index in [0.29, 0.717) is 31.2 Å². The minimum Gasteiger partial charge on any atom is -0.345 e. The molecule has 1 aromatic heterocycles. The van der Waals surface area contributed by atoms with E-state index in [1.54, 1.807) is 12.1 Å². The van der Waals surface area contributed by atoms with Crippen LogP contribution in [0.3, 0.4) is 0 Å². The summed E-state index contributed by atoms with van der Waals surface area (Å²) < 4.78 is 27.4. The van der Waals surface area contributed by atoms with Crippen molar-refractivity contribution in [2.45, 2.75) is 4.90 Å². The van der Waals surface area contributed by atoms with Gasteiger partial charge in [-0.05, 0) is 24.3 Å². The maximum absolute atomic E-state index is 13.0. The highest BCUT2D eigenvalue weighted by Crippen LogP contribution is 2.29. The minimum atomic E-state index is -3.70. The Labute approximate surface area is 178 Å². The summed E-state index contributed by atoms with van der Waals surface area (Å²) in [5.41, 5.74) is 2.04. The summed E-state index contributed by atoms with van der Waals surface area (Å²) in [6.07, 6.45) is 0. The maximum Gasteiger partial charge on any atom is 0.244 e. The standard InChI is InChI=1S/C20H17ClN4O2S2/c21-17-7-5-15(6-8-17)18-14-28-20(23-18)24-9-11-25(12-10-24)29(26,27)19-4-2-1-3-16(19)13-22/h1-8,14H,9-12H2. The van der Waals surface area contributed by atoms with Crippen molar-refractivity contribution in [1.29, 1.82) is 5.26 Å². The van der Waals surface area contributed by atoms with Gasteiger partial charge in [0.25, 0.3) is 0 Å². The molecule has 0 unspecified atom stereocenters. The zero-order chi connectivity index (χ0) is 20.4. The van der Waals surface area contributed by atoms with Crippen molar-refractivity contribution in [2.24, 2.45) is 0 Å². The van der Waals surface area contributed by atoms with Crippen LogP contribution in [0.15, 0.2) is 58.8 Å². The molecule has 0 radical (unpaired) electrons. The third-order valence-corrected chi connectivity index (χ3v) is 7.88. The average molecular weight is 445 g/mol. The van der Waals surface area contributed by atoms with Gasteiger partial charge in [-0.1, -0.05) is 35.9 Å². The van der Waals surface area contributed by atoms with Gasteiger partial charge in [-0.2, -0.15) is 9.57 Å². The summed E-state index contributed by atoms with van der Waals surface area (Å²) in [4.78, 5) is 6.85. The normalized spacial score (nSPS) is 15.2. The summed E-state index contributed by atoms with van der Waals surface area (Å²) in [6, 6.07) is 15.8. The number of nitriles is 1. The fraction of sp³-hybridized carbons (Fsp3) is 0.200. The van der Waals surface area contributed by atoms with Crippen LogP contribution < -0.4 is 4.90 Å². The van der Waals surface area contributed by atoms with E-state index in [2.05, 4.69) is 4.90 Å². The molecule has 148 valence electrons. The number of aromatic nitrogens is 1. The van der Waals surface area contributed by atoms with Gasteiger partial charge in [-0.25, -0.2) is 13.4 Å². The first-order valence-electron chi connectivity index (χ1n) is 8.95. The quantitative estimate of drug-likeness (QED) is 0.610. The molecule has 1 fully saturated rings. The van der Waals surface area contributed by atoms with Crippen molar-refractivity contribution in [1.82, 2.24) is 9.29 Å². The van der Waals surface area contributed by atoms with Crippen LogP contribution in [0.4, 0.5) is 5.13 Å². The van der Waals surface area contributed by atoms with E-state index in [4.69, 9.17) is 16.6 Å². The Morgan fingerprint density at radius 2 is 1.72 bits per heavy atom. The highest BCUT2D eigenvalue weighted by molar-refractivity contribution is 7.89. The first-order valence-corrected chi connectivity index (χ1v) is 11.6. The highest BCUT2D eigenvalue weighted by Gasteiger charge is 2.31. The largest absolute Gasteiger partial charge is 0.345 e. The molecule has 6 nitrogen and oxygen atoms in total. The van der Waals surface area contributed by atoms with Gasteiger partial charge in [0.15, 0.2) is 5.13 Å². The van der Waals surface area contributed by atoms with E-state index in [1.807, 2.05) is 35.7 Å². The van der Waals surface area contributed by atoms with Crippen LogP contribution in [0.25, 0.3) is 11.3 Å². The number of rotatable bonds is 4. The highest BCUT2D eigenvalue weighted by atomic mass is 35.5. The van der Waals surface area contributed by atoms with E-state index in [1.165, 1.54) is 27.8 Å². The first-order chi connectivity index (χ1) is 14.0. The third kappa shape index (κ3) is 4.00. The molecule has 0 bridgehead atoms. The monoisotopic (exact) mass is 444 g/mol. The van der Waals surface area contributed by atoms with Gasteiger partial charge in [0.1, 0.15) is 6.07 Å². The second-order valence-corrected chi connectivity index (χ2v) is 9.70. The number of thiazole rings is 1. The van der Waals surface area contributed by atoms with E-state index >= 15 is 0 Å². The van der Waals surface area contributed by atoms with Gasteiger partial charge in [-0.3, -0.25) is 0 Å². The van der Waals surface area contributed by atoms with Crippen molar-refractivity contribution in [3.05, 3.63) is 64.5 Å². The van der Waals surface area contributed by atoms with Crippen molar-refractivity contribution in [3.8, 4) is 17.3 Å². The number of sulfonamides is 1. The lowest BCUT2D eigenvalue weighted by atomic mass is 10.2. The molecule has 0 spiro atoms. The second-order valence-electron chi connectivity index (χ2n) is 6.52. The zero-order valence-corrected chi connectivity index (χ0v) is 17.7. The number of piperazine rings is 1. The number of halogens is 1. The molecule has 0 aliphatic carbocycles. The van der Waals surface area contributed by atoms with Crippen molar-refractivity contribution in [3.63, 3.8) is 0 Å². The van der Waals surface area contributed by atoms with Crippen LogP contribution >= 0.6 is 22.9 Å². The Morgan fingerprint density at radius 3 is 2.41 bits per heavy atom. The first kappa shape index (κ1) is 19.9. The van der Waals surface area contributed by atoms with Gasteiger partial charge in [0.2, 0.25) is 10.0 Å². The molecule has 1 saturated heterocycles. The lowest BCUT2D eigenvalue weighted by molar-refractivity contribution is 0.384. The van der Waals surface area contributed by atoms with Gasteiger partial charge in [-0.15, -0.1) is 11.3 Å². The smallest absolute Gasteiger partial charge is 0.244 e. The molecular weight excluding hydrogens is 428 g/mol. The Bertz CT molecular complexity index is 1160. The molecule has 2 aromatic carbocycles. The van der Waals surface area contributed by atoms with E-state index in [0.717, 1.165) is 16.4 Å². The SMILES string of the molecule is N#Cc1ccccc1S(=O)(=O)N1CCN(c2nc(-c3ccc(Cl)cc3)cs2)CC1. The average Bonchev–Trinajstić information content (AvgIpc) is 3.24. The van der Waals surface area contributed by atoms with E-state index < -0.39 is 10.0 Å². The van der Waals surface area contributed by atoms with Crippen LogP contribution in [0.2, 0.25) is 5.02 Å². The van der Waals surface area contributed by atoms with E-state index in [9.17, 15) is 13.7 Å². The number of hydrogen-bond acceptors (Lipinski definition) is 6. The Kier molecular flexibility index (Phi) is 5.56. The number of anilines is 1. The predicted molar refractivity (Wildman–Crippen MR) is 115 cm³/mol. The fourth-order valence-electron chi connectivity index (χ4n) is 3.21. The molecular formula is C20H17ClN4O2S2. The molecule has 0 saturated carbocycles. The Hall–Kier alpha value is -2.44. The summed E-state index contributed by atoms with van der Waals surface area (Å²) in [5.74, 6) is 0. The van der Waals surface area contributed by atoms with Crippen LogP contribution in [0.5, 0.6) is 0 Å².